The van der Waals surface area contributed by atoms with Crippen LogP contribution in [0.2, 0.25) is 0 Å². The van der Waals surface area contributed by atoms with Crippen LogP contribution in [0.15, 0.2) is 0 Å². The molecular formula is C18H38N2O4. The average molecular weight is 347 g/mol. The lowest BCUT2D eigenvalue weighted by Crippen LogP contribution is -2.47. The first-order valence-electron chi connectivity index (χ1n) is 8.77. The molecule has 0 unspecified atom stereocenters. The Morgan fingerprint density at radius 3 is 1.88 bits per heavy atom. The van der Waals surface area contributed by atoms with Crippen molar-refractivity contribution in [3.05, 3.63) is 0 Å². The number of amides is 1. The first-order valence-corrected chi connectivity index (χ1v) is 8.77. The molecule has 1 N–H and O–H groups in total. The molecule has 0 saturated carbocycles. The van der Waals surface area contributed by atoms with Crippen molar-refractivity contribution >= 4 is 5.91 Å². The molecule has 0 fully saturated rings. The number of ether oxygens (including phenoxy) is 2. The molecule has 0 heterocycles. The van der Waals surface area contributed by atoms with Gasteiger partial charge in [0, 0.05) is 30.6 Å². The molecule has 0 aromatic heterocycles. The van der Waals surface area contributed by atoms with E-state index in [9.17, 15) is 4.79 Å². The maximum atomic E-state index is 12.6. The Morgan fingerprint density at radius 2 is 1.42 bits per heavy atom. The second-order valence-electron chi connectivity index (χ2n) is 8.08. The van der Waals surface area contributed by atoms with Crippen LogP contribution in [-0.4, -0.2) is 86.1 Å². The van der Waals surface area contributed by atoms with Crippen LogP contribution in [0.4, 0.5) is 0 Å². The van der Waals surface area contributed by atoms with E-state index in [1.54, 1.807) is 0 Å². The van der Waals surface area contributed by atoms with E-state index in [0.717, 1.165) is 6.54 Å². The molecule has 0 aliphatic heterocycles. The summed E-state index contributed by atoms with van der Waals surface area (Å²) in [5.74, 6) is 0.143. The number of rotatable bonds is 11. The van der Waals surface area contributed by atoms with E-state index in [1.807, 2.05) is 25.7 Å². The molecule has 1 amide bonds. The lowest BCUT2D eigenvalue weighted by atomic mass is 9.94. The van der Waals surface area contributed by atoms with Gasteiger partial charge in [-0.3, -0.25) is 9.69 Å². The molecule has 6 nitrogen and oxygen atoms in total. The van der Waals surface area contributed by atoms with Crippen LogP contribution in [0.5, 0.6) is 0 Å². The van der Waals surface area contributed by atoms with E-state index in [4.69, 9.17) is 14.6 Å². The van der Waals surface area contributed by atoms with Crippen molar-refractivity contribution in [2.75, 3.05) is 59.7 Å². The fourth-order valence-corrected chi connectivity index (χ4v) is 1.96. The van der Waals surface area contributed by atoms with Gasteiger partial charge in [0.25, 0.3) is 0 Å². The van der Waals surface area contributed by atoms with Gasteiger partial charge in [-0.15, -0.1) is 0 Å². The molecule has 144 valence electrons. The lowest BCUT2D eigenvalue weighted by molar-refractivity contribution is -0.140. The molecule has 0 aliphatic rings. The quantitative estimate of drug-likeness (QED) is 0.576. The topological polar surface area (TPSA) is 62.2 Å². The van der Waals surface area contributed by atoms with Gasteiger partial charge < -0.3 is 19.5 Å². The highest BCUT2D eigenvalue weighted by Gasteiger charge is 2.27. The van der Waals surface area contributed by atoms with Gasteiger partial charge in [-0.25, -0.2) is 0 Å². The molecule has 24 heavy (non-hydrogen) atoms. The van der Waals surface area contributed by atoms with E-state index < -0.39 is 5.41 Å². The van der Waals surface area contributed by atoms with E-state index >= 15 is 0 Å². The van der Waals surface area contributed by atoms with Crippen LogP contribution in [0, 0.1) is 5.41 Å². The maximum absolute atomic E-state index is 12.6. The summed E-state index contributed by atoms with van der Waals surface area (Å²) < 4.78 is 10.7. The molecule has 0 radical (unpaired) electrons. The largest absolute Gasteiger partial charge is 0.394 e. The molecule has 0 aliphatic carbocycles. The highest BCUT2D eigenvalue weighted by atomic mass is 16.5. The Bertz CT molecular complexity index is 348. The molecule has 0 aromatic carbocycles. The molecular weight excluding hydrogens is 308 g/mol. The zero-order valence-corrected chi connectivity index (χ0v) is 16.7. The number of nitrogens with zero attached hydrogens (tertiary/aromatic N) is 2. The van der Waals surface area contributed by atoms with Crippen molar-refractivity contribution in [2.45, 2.75) is 47.1 Å². The third kappa shape index (κ3) is 10.2. The predicted molar refractivity (Wildman–Crippen MR) is 97.1 cm³/mol. The van der Waals surface area contributed by atoms with Crippen LogP contribution < -0.4 is 0 Å². The van der Waals surface area contributed by atoms with Crippen LogP contribution >= 0.6 is 0 Å². The van der Waals surface area contributed by atoms with Crippen molar-refractivity contribution in [3.63, 3.8) is 0 Å². The Hall–Kier alpha value is -0.690. The molecule has 6 heteroatoms. The Balaban J connectivity index is 4.38. The first-order chi connectivity index (χ1) is 11.0. The highest BCUT2D eigenvalue weighted by molar-refractivity contribution is 5.81. The fraction of sp³-hybridized carbons (Fsp3) is 0.944. The number of aliphatic hydroxyl groups is 1. The molecule has 0 saturated heterocycles. The van der Waals surface area contributed by atoms with Crippen LogP contribution in [0.3, 0.4) is 0 Å². The van der Waals surface area contributed by atoms with Gasteiger partial charge in [-0.1, -0.05) is 20.8 Å². The van der Waals surface area contributed by atoms with Gasteiger partial charge in [-0.2, -0.15) is 0 Å². The molecule has 0 spiro atoms. The van der Waals surface area contributed by atoms with E-state index in [2.05, 4.69) is 32.7 Å². The monoisotopic (exact) mass is 346 g/mol. The molecule has 0 aromatic rings. The van der Waals surface area contributed by atoms with Crippen LogP contribution in [0.1, 0.15) is 41.5 Å². The van der Waals surface area contributed by atoms with Gasteiger partial charge in [0.1, 0.15) is 0 Å². The molecule has 0 rings (SSSR count). The lowest BCUT2D eigenvalue weighted by Gasteiger charge is -2.35. The van der Waals surface area contributed by atoms with E-state index in [0.29, 0.717) is 39.5 Å². The van der Waals surface area contributed by atoms with Crippen molar-refractivity contribution in [1.29, 1.82) is 0 Å². The number of aliphatic hydroxyl groups excluding tert-OH is 1. The van der Waals surface area contributed by atoms with Gasteiger partial charge in [0.15, 0.2) is 0 Å². The van der Waals surface area contributed by atoms with E-state index in [-0.39, 0.29) is 18.1 Å². The van der Waals surface area contributed by atoms with Crippen molar-refractivity contribution in [3.8, 4) is 0 Å². The number of carbonyl (C=O) groups is 1. The minimum atomic E-state index is -0.398. The van der Waals surface area contributed by atoms with Gasteiger partial charge in [-0.05, 0) is 27.8 Å². The standard InChI is InChI=1S/C18H38N2O4/c1-17(2,3)16(22)20(9-8-19(7)18(4,5)6)10-12-23-14-15-24-13-11-21/h21H,8-15H2,1-7H3. The Kier molecular flexibility index (Phi) is 10.7. The van der Waals surface area contributed by atoms with Gasteiger partial charge in [0.2, 0.25) is 5.91 Å². The smallest absolute Gasteiger partial charge is 0.228 e. The second kappa shape index (κ2) is 11.0. The summed E-state index contributed by atoms with van der Waals surface area (Å²) in [7, 11) is 2.08. The number of hydrogen-bond acceptors (Lipinski definition) is 5. The predicted octanol–water partition coefficient (Wildman–Crippen LogP) is 1.62. The third-order valence-corrected chi connectivity index (χ3v) is 3.89. The first kappa shape index (κ1) is 23.3. The maximum Gasteiger partial charge on any atom is 0.228 e. The highest BCUT2D eigenvalue weighted by Crippen LogP contribution is 2.18. The average Bonchev–Trinajstić information content (AvgIpc) is 2.46. The normalized spacial score (nSPS) is 12.7. The van der Waals surface area contributed by atoms with Crippen LogP contribution in [0.25, 0.3) is 0 Å². The summed E-state index contributed by atoms with van der Waals surface area (Å²) in [4.78, 5) is 16.8. The summed E-state index contributed by atoms with van der Waals surface area (Å²) in [6.07, 6.45) is 0. The van der Waals surface area contributed by atoms with Crippen molar-refractivity contribution < 1.29 is 19.4 Å². The summed E-state index contributed by atoms with van der Waals surface area (Å²) in [5, 5.41) is 8.63. The van der Waals surface area contributed by atoms with Gasteiger partial charge >= 0.3 is 0 Å². The molecule has 0 atom stereocenters. The zero-order chi connectivity index (χ0) is 18.8. The fourth-order valence-electron chi connectivity index (χ4n) is 1.96. The van der Waals surface area contributed by atoms with Gasteiger partial charge in [0.05, 0.1) is 33.0 Å². The van der Waals surface area contributed by atoms with Crippen molar-refractivity contribution in [1.82, 2.24) is 9.80 Å². The number of likely N-dealkylation sites (N-methyl/N-ethyl adjacent to an activating group) is 1. The number of carbonyl (C=O) groups excluding carboxylic acids is 1. The second-order valence-corrected chi connectivity index (χ2v) is 8.08. The van der Waals surface area contributed by atoms with Crippen molar-refractivity contribution in [2.24, 2.45) is 5.41 Å². The van der Waals surface area contributed by atoms with Crippen LogP contribution in [-0.2, 0) is 14.3 Å². The summed E-state index contributed by atoms with van der Waals surface area (Å²) in [5.41, 5.74) is -0.318. The Labute approximate surface area is 148 Å². The summed E-state index contributed by atoms with van der Waals surface area (Å²) in [6, 6.07) is 0. The Morgan fingerprint density at radius 1 is 0.875 bits per heavy atom. The number of hydrogen-bond donors (Lipinski definition) is 1. The minimum absolute atomic E-state index is 0.0230. The minimum Gasteiger partial charge on any atom is -0.394 e. The SMILES string of the molecule is CN(CCN(CCOCCOCCO)C(=O)C(C)(C)C)C(C)(C)C. The summed E-state index contributed by atoms with van der Waals surface area (Å²) in [6.45, 7) is 16.2. The van der Waals surface area contributed by atoms with E-state index in [1.165, 1.54) is 0 Å². The third-order valence-electron chi connectivity index (χ3n) is 3.89. The summed E-state index contributed by atoms with van der Waals surface area (Å²) >= 11 is 0. The molecule has 0 bridgehead atoms. The zero-order valence-electron chi connectivity index (χ0n) is 16.7.